The van der Waals surface area contributed by atoms with Crippen LogP contribution in [0.4, 0.5) is 0 Å². The van der Waals surface area contributed by atoms with Crippen molar-refractivity contribution in [1.29, 1.82) is 0 Å². The van der Waals surface area contributed by atoms with Crippen LogP contribution in [0, 0.1) is 5.92 Å². The number of hydrogen-bond acceptors (Lipinski definition) is 4. The largest absolute Gasteiger partial charge is 0.494 e. The molecule has 2 aliphatic heterocycles. The number of aromatic carboxylic acids is 1. The van der Waals surface area contributed by atoms with Gasteiger partial charge in [0.1, 0.15) is 5.75 Å². The van der Waals surface area contributed by atoms with Crippen molar-refractivity contribution in [2.24, 2.45) is 5.92 Å². The number of nitrogens with zero attached hydrogens (tertiary/aromatic N) is 2. The Hall–Kier alpha value is -2.08. The lowest BCUT2D eigenvalue weighted by molar-refractivity contribution is -0.136. The summed E-state index contributed by atoms with van der Waals surface area (Å²) in [5.74, 6) is 0.267. The first-order valence-corrected chi connectivity index (χ1v) is 9.61. The van der Waals surface area contributed by atoms with Gasteiger partial charge >= 0.3 is 5.97 Å². The van der Waals surface area contributed by atoms with E-state index in [1.54, 1.807) is 24.3 Å². The molecule has 1 N–H and O–H groups in total. The van der Waals surface area contributed by atoms with Gasteiger partial charge in [-0.05, 0) is 62.9 Å². The lowest BCUT2D eigenvalue weighted by Crippen LogP contribution is -2.44. The van der Waals surface area contributed by atoms with Crippen LogP contribution in [-0.2, 0) is 4.79 Å². The molecule has 0 spiro atoms. The van der Waals surface area contributed by atoms with Crippen LogP contribution in [0.2, 0.25) is 0 Å². The maximum absolute atomic E-state index is 12.6. The molecule has 1 atom stereocenters. The Morgan fingerprint density at radius 3 is 2.50 bits per heavy atom. The molecule has 6 heteroatoms. The number of carboxylic acids is 1. The summed E-state index contributed by atoms with van der Waals surface area (Å²) < 4.78 is 5.69. The van der Waals surface area contributed by atoms with E-state index in [1.165, 1.54) is 0 Å². The maximum atomic E-state index is 12.6. The number of carbonyl (C=O) groups excluding carboxylic acids is 1. The van der Waals surface area contributed by atoms with E-state index in [9.17, 15) is 9.59 Å². The van der Waals surface area contributed by atoms with Gasteiger partial charge in [-0.3, -0.25) is 4.79 Å². The average molecular weight is 360 g/mol. The third kappa shape index (κ3) is 4.97. The summed E-state index contributed by atoms with van der Waals surface area (Å²) in [6.45, 7) is 5.30. The molecule has 142 valence electrons. The molecule has 1 aromatic carbocycles. The molecule has 0 saturated carbocycles. The molecule has 1 unspecified atom stereocenters. The molecule has 0 aliphatic carbocycles. The number of carbonyl (C=O) groups is 2. The van der Waals surface area contributed by atoms with Crippen LogP contribution >= 0.6 is 0 Å². The summed E-state index contributed by atoms with van der Waals surface area (Å²) in [5, 5.41) is 8.89. The van der Waals surface area contributed by atoms with Gasteiger partial charge in [0.15, 0.2) is 0 Å². The Kier molecular flexibility index (Phi) is 6.50. The number of amides is 1. The van der Waals surface area contributed by atoms with E-state index in [0.29, 0.717) is 18.3 Å². The number of likely N-dealkylation sites (tertiary alicyclic amines) is 2. The highest BCUT2D eigenvalue weighted by Crippen LogP contribution is 2.21. The second-order valence-electron chi connectivity index (χ2n) is 7.20. The van der Waals surface area contributed by atoms with E-state index < -0.39 is 5.97 Å². The van der Waals surface area contributed by atoms with Gasteiger partial charge in [0.2, 0.25) is 5.91 Å². The number of carboxylic acid groups (broad SMARTS) is 1. The van der Waals surface area contributed by atoms with Gasteiger partial charge in [-0.1, -0.05) is 0 Å². The van der Waals surface area contributed by atoms with Crippen LogP contribution in [0.1, 0.15) is 42.5 Å². The zero-order valence-corrected chi connectivity index (χ0v) is 15.2. The Bertz CT molecular complexity index is 611. The van der Waals surface area contributed by atoms with Gasteiger partial charge in [0, 0.05) is 26.2 Å². The highest BCUT2D eigenvalue weighted by atomic mass is 16.5. The van der Waals surface area contributed by atoms with Crippen molar-refractivity contribution < 1.29 is 19.4 Å². The van der Waals surface area contributed by atoms with Crippen molar-refractivity contribution >= 4 is 11.9 Å². The van der Waals surface area contributed by atoms with E-state index in [-0.39, 0.29) is 11.5 Å². The summed E-state index contributed by atoms with van der Waals surface area (Å²) in [4.78, 5) is 27.8. The molecule has 2 fully saturated rings. The second kappa shape index (κ2) is 9.03. The molecule has 0 aromatic heterocycles. The van der Waals surface area contributed by atoms with Gasteiger partial charge in [-0.15, -0.1) is 0 Å². The molecular formula is C20H28N2O4. The van der Waals surface area contributed by atoms with Crippen molar-refractivity contribution in [1.82, 2.24) is 9.80 Å². The van der Waals surface area contributed by atoms with E-state index in [1.807, 2.05) is 4.90 Å². The summed E-state index contributed by atoms with van der Waals surface area (Å²) in [6, 6.07) is 6.48. The van der Waals surface area contributed by atoms with Crippen LogP contribution in [-0.4, -0.2) is 66.1 Å². The molecule has 0 bridgehead atoms. The van der Waals surface area contributed by atoms with Crippen molar-refractivity contribution in [3.8, 4) is 5.75 Å². The number of ether oxygens (including phenoxy) is 1. The average Bonchev–Trinajstić information content (AvgIpc) is 3.20. The molecule has 6 nitrogen and oxygen atoms in total. The van der Waals surface area contributed by atoms with Crippen molar-refractivity contribution in [2.75, 3.05) is 39.3 Å². The van der Waals surface area contributed by atoms with Gasteiger partial charge in [-0.25, -0.2) is 4.79 Å². The highest BCUT2D eigenvalue weighted by molar-refractivity contribution is 5.87. The SMILES string of the molecule is O=C(O)c1ccc(OCCCN2CCCC(C(=O)N3CCCC3)C2)cc1. The molecule has 2 heterocycles. The summed E-state index contributed by atoms with van der Waals surface area (Å²) in [7, 11) is 0. The molecule has 1 aromatic rings. The summed E-state index contributed by atoms with van der Waals surface area (Å²) in [6.07, 6.45) is 5.28. The summed E-state index contributed by atoms with van der Waals surface area (Å²) >= 11 is 0. The normalized spacial score (nSPS) is 20.9. The highest BCUT2D eigenvalue weighted by Gasteiger charge is 2.30. The fourth-order valence-electron chi connectivity index (χ4n) is 3.83. The van der Waals surface area contributed by atoms with E-state index in [2.05, 4.69) is 4.90 Å². The van der Waals surface area contributed by atoms with Crippen LogP contribution in [0.5, 0.6) is 5.75 Å². The van der Waals surface area contributed by atoms with Crippen LogP contribution in [0.15, 0.2) is 24.3 Å². The topological polar surface area (TPSA) is 70.1 Å². The number of hydrogen-bond donors (Lipinski definition) is 1. The molecule has 3 rings (SSSR count). The Balaban J connectivity index is 1.37. The maximum Gasteiger partial charge on any atom is 0.335 e. The Labute approximate surface area is 154 Å². The van der Waals surface area contributed by atoms with Crippen molar-refractivity contribution in [3.63, 3.8) is 0 Å². The molecule has 26 heavy (non-hydrogen) atoms. The zero-order valence-electron chi connectivity index (χ0n) is 15.2. The van der Waals surface area contributed by atoms with Crippen LogP contribution in [0.3, 0.4) is 0 Å². The zero-order chi connectivity index (χ0) is 18.4. The van der Waals surface area contributed by atoms with Gasteiger partial charge in [0.05, 0.1) is 18.1 Å². The lowest BCUT2D eigenvalue weighted by atomic mass is 9.96. The number of benzene rings is 1. The molecule has 2 saturated heterocycles. The van der Waals surface area contributed by atoms with Gasteiger partial charge in [-0.2, -0.15) is 0 Å². The molecule has 0 radical (unpaired) electrons. The third-order valence-electron chi connectivity index (χ3n) is 5.26. The quantitative estimate of drug-likeness (QED) is 0.757. The number of piperidine rings is 1. The third-order valence-corrected chi connectivity index (χ3v) is 5.26. The van der Waals surface area contributed by atoms with Crippen LogP contribution < -0.4 is 4.74 Å². The predicted octanol–water partition coefficient (Wildman–Crippen LogP) is 2.49. The standard InChI is InChI=1S/C20H28N2O4/c23-19(22-12-1-2-13-22)17-5-3-10-21(15-17)11-4-14-26-18-8-6-16(7-9-18)20(24)25/h6-9,17H,1-5,10-15H2,(H,24,25). The lowest BCUT2D eigenvalue weighted by Gasteiger charge is -2.33. The smallest absolute Gasteiger partial charge is 0.335 e. The van der Waals surface area contributed by atoms with Gasteiger partial charge < -0.3 is 19.6 Å². The fraction of sp³-hybridized carbons (Fsp3) is 0.600. The minimum Gasteiger partial charge on any atom is -0.494 e. The monoisotopic (exact) mass is 360 g/mol. The van der Waals surface area contributed by atoms with Crippen molar-refractivity contribution in [2.45, 2.75) is 32.1 Å². The Morgan fingerprint density at radius 2 is 1.81 bits per heavy atom. The first kappa shape index (κ1) is 18.7. The van der Waals surface area contributed by atoms with E-state index >= 15 is 0 Å². The molecule has 2 aliphatic rings. The summed E-state index contributed by atoms with van der Waals surface area (Å²) in [5.41, 5.74) is 0.263. The second-order valence-corrected chi connectivity index (χ2v) is 7.20. The minimum absolute atomic E-state index is 0.159. The van der Waals surface area contributed by atoms with Crippen molar-refractivity contribution in [3.05, 3.63) is 29.8 Å². The van der Waals surface area contributed by atoms with Gasteiger partial charge in [0.25, 0.3) is 0 Å². The predicted molar refractivity (Wildman–Crippen MR) is 98.5 cm³/mol. The number of rotatable bonds is 7. The Morgan fingerprint density at radius 1 is 1.08 bits per heavy atom. The first-order valence-electron chi connectivity index (χ1n) is 9.61. The van der Waals surface area contributed by atoms with Crippen LogP contribution in [0.25, 0.3) is 0 Å². The fourth-order valence-corrected chi connectivity index (χ4v) is 3.83. The first-order chi connectivity index (χ1) is 12.6. The van der Waals surface area contributed by atoms with E-state index in [4.69, 9.17) is 9.84 Å². The minimum atomic E-state index is -0.931. The molecular weight excluding hydrogens is 332 g/mol. The van der Waals surface area contributed by atoms with E-state index in [0.717, 1.165) is 64.8 Å². The molecule has 1 amide bonds.